The van der Waals surface area contributed by atoms with Crippen molar-refractivity contribution in [3.63, 3.8) is 0 Å². The standard InChI is InChI=1S/C20H36N2O/c1-2-3-4-5-6-7-8-9-10-11-12-13-14-15-16-17-20(23)22-19-18-21/h3-4,6-7,9-10H,2,5,8,11-19,21H2,1H3,(H,22,23)/b4-3-,7-6-,10-9-. The van der Waals surface area contributed by atoms with Crippen LogP contribution in [0.3, 0.4) is 0 Å². The maximum Gasteiger partial charge on any atom is 0.220 e. The van der Waals surface area contributed by atoms with Crippen molar-refractivity contribution < 1.29 is 4.79 Å². The number of carbonyl (C=O) groups excluding carboxylic acids is 1. The van der Waals surface area contributed by atoms with E-state index < -0.39 is 0 Å². The van der Waals surface area contributed by atoms with Crippen molar-refractivity contribution >= 4 is 5.91 Å². The van der Waals surface area contributed by atoms with Crippen molar-refractivity contribution in [1.82, 2.24) is 5.32 Å². The quantitative estimate of drug-likeness (QED) is 0.341. The Morgan fingerprint density at radius 1 is 0.870 bits per heavy atom. The van der Waals surface area contributed by atoms with E-state index >= 15 is 0 Å². The van der Waals surface area contributed by atoms with Crippen LogP contribution in [-0.2, 0) is 4.79 Å². The molecular weight excluding hydrogens is 284 g/mol. The van der Waals surface area contributed by atoms with Gasteiger partial charge in [-0.25, -0.2) is 0 Å². The van der Waals surface area contributed by atoms with E-state index in [-0.39, 0.29) is 5.91 Å². The molecule has 3 N–H and O–H groups in total. The van der Waals surface area contributed by atoms with Crippen molar-refractivity contribution in [3.05, 3.63) is 36.5 Å². The number of nitrogens with two attached hydrogens (primary N) is 1. The number of nitrogens with one attached hydrogen (secondary N) is 1. The van der Waals surface area contributed by atoms with Gasteiger partial charge < -0.3 is 11.1 Å². The fraction of sp³-hybridized carbons (Fsp3) is 0.650. The smallest absolute Gasteiger partial charge is 0.220 e. The molecule has 0 radical (unpaired) electrons. The van der Waals surface area contributed by atoms with Crippen LogP contribution in [0.15, 0.2) is 36.5 Å². The topological polar surface area (TPSA) is 55.1 Å². The molecule has 0 heterocycles. The van der Waals surface area contributed by atoms with E-state index in [0.717, 1.165) is 32.1 Å². The highest BCUT2D eigenvalue weighted by Crippen LogP contribution is 2.07. The Morgan fingerprint density at radius 2 is 1.48 bits per heavy atom. The van der Waals surface area contributed by atoms with E-state index in [9.17, 15) is 4.79 Å². The van der Waals surface area contributed by atoms with Crippen molar-refractivity contribution in [2.75, 3.05) is 13.1 Å². The summed E-state index contributed by atoms with van der Waals surface area (Å²) in [6, 6.07) is 0. The number of carbonyl (C=O) groups is 1. The second-order valence-electron chi connectivity index (χ2n) is 5.74. The molecule has 0 aromatic carbocycles. The Morgan fingerprint density at radius 3 is 2.17 bits per heavy atom. The van der Waals surface area contributed by atoms with E-state index in [1.807, 2.05) is 0 Å². The third-order valence-electron chi connectivity index (χ3n) is 3.52. The molecule has 23 heavy (non-hydrogen) atoms. The van der Waals surface area contributed by atoms with Gasteiger partial charge in [0.2, 0.25) is 5.91 Å². The predicted octanol–water partition coefficient (Wildman–Crippen LogP) is 4.65. The highest BCUT2D eigenvalue weighted by atomic mass is 16.1. The molecule has 0 spiro atoms. The summed E-state index contributed by atoms with van der Waals surface area (Å²) in [5.41, 5.74) is 5.34. The highest BCUT2D eigenvalue weighted by molar-refractivity contribution is 5.75. The van der Waals surface area contributed by atoms with Gasteiger partial charge in [-0.05, 0) is 38.5 Å². The van der Waals surface area contributed by atoms with Crippen LogP contribution < -0.4 is 11.1 Å². The zero-order valence-corrected chi connectivity index (χ0v) is 14.9. The van der Waals surface area contributed by atoms with Gasteiger partial charge in [0.15, 0.2) is 0 Å². The lowest BCUT2D eigenvalue weighted by molar-refractivity contribution is -0.121. The maximum absolute atomic E-state index is 11.4. The van der Waals surface area contributed by atoms with Gasteiger partial charge >= 0.3 is 0 Å². The first-order chi connectivity index (χ1) is 11.3. The second kappa shape index (κ2) is 18.7. The van der Waals surface area contributed by atoms with Crippen LogP contribution >= 0.6 is 0 Å². The fourth-order valence-electron chi connectivity index (χ4n) is 2.20. The van der Waals surface area contributed by atoms with Crippen LogP contribution in [0.5, 0.6) is 0 Å². The molecule has 132 valence electrons. The van der Waals surface area contributed by atoms with Crippen molar-refractivity contribution in [2.24, 2.45) is 5.73 Å². The summed E-state index contributed by atoms with van der Waals surface area (Å²) in [5, 5.41) is 2.80. The van der Waals surface area contributed by atoms with Gasteiger partial charge in [0.25, 0.3) is 0 Å². The molecule has 1 amide bonds. The zero-order valence-electron chi connectivity index (χ0n) is 14.9. The lowest BCUT2D eigenvalue weighted by atomic mass is 10.1. The molecule has 0 fully saturated rings. The van der Waals surface area contributed by atoms with Crippen molar-refractivity contribution in [1.29, 1.82) is 0 Å². The molecule has 0 aromatic rings. The number of amides is 1. The first kappa shape index (κ1) is 21.6. The van der Waals surface area contributed by atoms with Gasteiger partial charge in [0, 0.05) is 19.5 Å². The normalized spacial score (nSPS) is 11.9. The van der Waals surface area contributed by atoms with E-state index in [2.05, 4.69) is 48.7 Å². The summed E-state index contributed by atoms with van der Waals surface area (Å²) >= 11 is 0. The molecule has 3 nitrogen and oxygen atoms in total. The average Bonchev–Trinajstić information content (AvgIpc) is 2.56. The van der Waals surface area contributed by atoms with Gasteiger partial charge in [-0.3, -0.25) is 4.79 Å². The monoisotopic (exact) mass is 320 g/mol. The predicted molar refractivity (Wildman–Crippen MR) is 101 cm³/mol. The summed E-state index contributed by atoms with van der Waals surface area (Å²) in [5.74, 6) is 0.136. The SMILES string of the molecule is CC/C=C\C/C=C\C/C=C\CCCCCCCC(=O)NCCN. The molecule has 0 atom stereocenters. The van der Waals surface area contributed by atoms with Crippen LogP contribution in [0.25, 0.3) is 0 Å². The van der Waals surface area contributed by atoms with Crippen LogP contribution in [0.4, 0.5) is 0 Å². The summed E-state index contributed by atoms with van der Waals surface area (Å²) in [6.45, 7) is 3.27. The number of hydrogen-bond donors (Lipinski definition) is 2. The molecule has 0 aliphatic heterocycles. The number of hydrogen-bond acceptors (Lipinski definition) is 2. The van der Waals surface area contributed by atoms with Crippen molar-refractivity contribution in [3.8, 4) is 0 Å². The lowest BCUT2D eigenvalue weighted by Gasteiger charge is -2.03. The molecule has 0 saturated heterocycles. The van der Waals surface area contributed by atoms with Crippen LogP contribution in [-0.4, -0.2) is 19.0 Å². The third kappa shape index (κ3) is 18.6. The Bertz CT molecular complexity index is 346. The van der Waals surface area contributed by atoms with Gasteiger partial charge in [-0.2, -0.15) is 0 Å². The minimum Gasteiger partial charge on any atom is -0.355 e. The van der Waals surface area contributed by atoms with E-state index in [4.69, 9.17) is 5.73 Å². The zero-order chi connectivity index (χ0) is 17.0. The Balaban J connectivity index is 3.28. The molecule has 0 aliphatic carbocycles. The van der Waals surface area contributed by atoms with Gasteiger partial charge in [0.05, 0.1) is 0 Å². The molecule has 3 heteroatoms. The number of rotatable bonds is 15. The summed E-state index contributed by atoms with van der Waals surface area (Å²) in [7, 11) is 0. The van der Waals surface area contributed by atoms with Gasteiger partial charge in [0.1, 0.15) is 0 Å². The Kier molecular flexibility index (Phi) is 17.6. The summed E-state index contributed by atoms with van der Waals surface area (Å²) in [6.07, 6.45) is 24.3. The second-order valence-corrected chi connectivity index (χ2v) is 5.74. The summed E-state index contributed by atoms with van der Waals surface area (Å²) < 4.78 is 0. The highest BCUT2D eigenvalue weighted by Gasteiger charge is 1.98. The molecule has 0 rings (SSSR count). The summed E-state index contributed by atoms with van der Waals surface area (Å²) in [4.78, 5) is 11.4. The minimum absolute atomic E-state index is 0.136. The third-order valence-corrected chi connectivity index (χ3v) is 3.52. The molecule has 0 saturated carbocycles. The van der Waals surface area contributed by atoms with Gasteiger partial charge in [-0.1, -0.05) is 62.6 Å². The Labute approximate surface area is 143 Å². The Hall–Kier alpha value is -1.35. The fourth-order valence-corrected chi connectivity index (χ4v) is 2.20. The van der Waals surface area contributed by atoms with Crippen molar-refractivity contribution in [2.45, 2.75) is 71.1 Å². The van der Waals surface area contributed by atoms with E-state index in [1.165, 1.54) is 25.7 Å². The number of unbranched alkanes of at least 4 members (excludes halogenated alkanes) is 5. The van der Waals surface area contributed by atoms with E-state index in [0.29, 0.717) is 19.5 Å². The molecular formula is C20H36N2O. The maximum atomic E-state index is 11.4. The van der Waals surface area contributed by atoms with Crippen LogP contribution in [0, 0.1) is 0 Å². The lowest BCUT2D eigenvalue weighted by Crippen LogP contribution is -2.28. The van der Waals surface area contributed by atoms with E-state index in [1.54, 1.807) is 0 Å². The molecule has 0 aromatic heterocycles. The van der Waals surface area contributed by atoms with Crippen LogP contribution in [0.2, 0.25) is 0 Å². The average molecular weight is 321 g/mol. The molecule has 0 aliphatic rings. The van der Waals surface area contributed by atoms with Gasteiger partial charge in [-0.15, -0.1) is 0 Å². The largest absolute Gasteiger partial charge is 0.355 e. The minimum atomic E-state index is 0.136. The molecule has 0 unspecified atom stereocenters. The first-order valence-electron chi connectivity index (χ1n) is 9.23. The number of allylic oxidation sites excluding steroid dienone is 6. The van der Waals surface area contributed by atoms with Crippen LogP contribution in [0.1, 0.15) is 71.1 Å². The molecule has 0 bridgehead atoms. The first-order valence-corrected chi connectivity index (χ1v) is 9.23.